The summed E-state index contributed by atoms with van der Waals surface area (Å²) in [4.78, 5) is 8.96. The number of aromatic nitrogens is 3. The highest BCUT2D eigenvalue weighted by molar-refractivity contribution is 6.07. The Balaban J connectivity index is 2.06. The lowest BCUT2D eigenvalue weighted by Gasteiger charge is -2.15. The average molecular weight is 214 g/mol. The Labute approximate surface area is 93.8 Å². The molecule has 3 rings (SSSR count). The summed E-state index contributed by atoms with van der Waals surface area (Å²) in [6.07, 6.45) is 4.01. The SMILES string of the molecule is CC1CCC(c2n[nH]c3cccnc23)=NC1. The summed E-state index contributed by atoms with van der Waals surface area (Å²) in [5.41, 5.74) is 3.96. The van der Waals surface area contributed by atoms with Crippen molar-refractivity contribution in [3.63, 3.8) is 0 Å². The van der Waals surface area contributed by atoms with Gasteiger partial charge in [0.1, 0.15) is 11.2 Å². The zero-order valence-electron chi connectivity index (χ0n) is 9.27. The predicted molar refractivity (Wildman–Crippen MR) is 63.7 cm³/mol. The van der Waals surface area contributed by atoms with Gasteiger partial charge in [-0.3, -0.25) is 15.1 Å². The highest BCUT2D eigenvalue weighted by Gasteiger charge is 2.17. The van der Waals surface area contributed by atoms with E-state index in [1.165, 1.54) is 6.42 Å². The normalized spacial score (nSPS) is 21.1. The van der Waals surface area contributed by atoms with Gasteiger partial charge >= 0.3 is 0 Å². The maximum Gasteiger partial charge on any atom is 0.132 e. The summed E-state index contributed by atoms with van der Waals surface area (Å²) in [6.45, 7) is 3.15. The molecule has 1 aliphatic heterocycles. The largest absolute Gasteiger partial charge is 0.287 e. The minimum absolute atomic E-state index is 0.696. The molecule has 0 fully saturated rings. The fraction of sp³-hybridized carbons (Fsp3) is 0.417. The van der Waals surface area contributed by atoms with Crippen molar-refractivity contribution in [3.05, 3.63) is 24.0 Å². The van der Waals surface area contributed by atoms with Gasteiger partial charge in [-0.05, 0) is 30.9 Å². The minimum atomic E-state index is 0.696. The third-order valence-corrected chi connectivity index (χ3v) is 3.06. The number of hydrogen-bond acceptors (Lipinski definition) is 3. The van der Waals surface area contributed by atoms with Gasteiger partial charge < -0.3 is 0 Å². The second-order valence-electron chi connectivity index (χ2n) is 4.40. The predicted octanol–water partition coefficient (Wildman–Crippen LogP) is 2.18. The zero-order chi connectivity index (χ0) is 11.0. The standard InChI is InChI=1S/C12H14N4/c1-8-4-5-9(14-7-8)12-11-10(15-16-12)3-2-6-13-11/h2-3,6,8H,4-5,7H2,1H3,(H,15,16). The van der Waals surface area contributed by atoms with E-state index in [1.54, 1.807) is 6.20 Å². The molecule has 0 saturated heterocycles. The molecule has 1 aliphatic rings. The van der Waals surface area contributed by atoms with Crippen molar-refractivity contribution < 1.29 is 0 Å². The van der Waals surface area contributed by atoms with Gasteiger partial charge in [0.25, 0.3) is 0 Å². The van der Waals surface area contributed by atoms with Crippen LogP contribution in [-0.4, -0.2) is 27.4 Å². The van der Waals surface area contributed by atoms with Gasteiger partial charge in [-0.25, -0.2) is 0 Å². The molecule has 0 bridgehead atoms. The molecule has 0 aromatic carbocycles. The van der Waals surface area contributed by atoms with Gasteiger partial charge in [0.2, 0.25) is 0 Å². The fourth-order valence-corrected chi connectivity index (χ4v) is 2.07. The van der Waals surface area contributed by atoms with Crippen molar-refractivity contribution in [2.45, 2.75) is 19.8 Å². The van der Waals surface area contributed by atoms with Crippen LogP contribution >= 0.6 is 0 Å². The summed E-state index contributed by atoms with van der Waals surface area (Å²) < 4.78 is 0. The topological polar surface area (TPSA) is 53.9 Å². The zero-order valence-corrected chi connectivity index (χ0v) is 9.27. The smallest absolute Gasteiger partial charge is 0.132 e. The van der Waals surface area contributed by atoms with Crippen LogP contribution in [0, 0.1) is 5.92 Å². The van der Waals surface area contributed by atoms with E-state index in [0.29, 0.717) is 5.92 Å². The lowest BCUT2D eigenvalue weighted by atomic mass is 9.98. The second kappa shape index (κ2) is 3.70. The lowest BCUT2D eigenvalue weighted by Crippen LogP contribution is -2.14. The number of H-pyrrole nitrogens is 1. The molecule has 2 aromatic heterocycles. The van der Waals surface area contributed by atoms with Crippen LogP contribution in [0.2, 0.25) is 0 Å². The molecular formula is C12H14N4. The molecule has 3 heterocycles. The van der Waals surface area contributed by atoms with Crippen LogP contribution in [0.1, 0.15) is 25.5 Å². The van der Waals surface area contributed by atoms with E-state index in [0.717, 1.165) is 35.4 Å². The number of pyridine rings is 1. The molecule has 1 atom stereocenters. The first-order chi connectivity index (χ1) is 7.84. The van der Waals surface area contributed by atoms with E-state index in [9.17, 15) is 0 Å². The molecule has 2 aromatic rings. The van der Waals surface area contributed by atoms with Gasteiger partial charge in [-0.15, -0.1) is 0 Å². The van der Waals surface area contributed by atoms with Crippen molar-refractivity contribution in [2.75, 3.05) is 6.54 Å². The van der Waals surface area contributed by atoms with Crippen LogP contribution in [0.15, 0.2) is 23.3 Å². The van der Waals surface area contributed by atoms with Crippen LogP contribution in [0.3, 0.4) is 0 Å². The van der Waals surface area contributed by atoms with E-state index in [-0.39, 0.29) is 0 Å². The molecule has 1 unspecified atom stereocenters. The Morgan fingerprint density at radius 3 is 3.19 bits per heavy atom. The molecule has 0 saturated carbocycles. The Morgan fingerprint density at radius 2 is 2.38 bits per heavy atom. The Hall–Kier alpha value is -1.71. The number of hydrogen-bond donors (Lipinski definition) is 1. The van der Waals surface area contributed by atoms with Crippen molar-refractivity contribution in [1.82, 2.24) is 15.2 Å². The summed E-state index contributed by atoms with van der Waals surface area (Å²) >= 11 is 0. The first-order valence-electron chi connectivity index (χ1n) is 5.67. The summed E-state index contributed by atoms with van der Waals surface area (Å²) in [5, 5.41) is 7.33. The molecule has 0 amide bonds. The monoisotopic (exact) mass is 214 g/mol. The van der Waals surface area contributed by atoms with Crippen LogP contribution in [0.4, 0.5) is 0 Å². The summed E-state index contributed by atoms with van der Waals surface area (Å²) in [7, 11) is 0. The number of aromatic amines is 1. The van der Waals surface area contributed by atoms with Crippen LogP contribution in [0.5, 0.6) is 0 Å². The van der Waals surface area contributed by atoms with Crippen molar-refractivity contribution in [2.24, 2.45) is 10.9 Å². The quantitative estimate of drug-likeness (QED) is 0.791. The number of nitrogens with zero attached hydrogens (tertiary/aromatic N) is 3. The Bertz CT molecular complexity index is 541. The van der Waals surface area contributed by atoms with Gasteiger partial charge in [0.05, 0.1) is 11.2 Å². The molecule has 0 spiro atoms. The van der Waals surface area contributed by atoms with Gasteiger partial charge in [-0.1, -0.05) is 6.92 Å². The van der Waals surface area contributed by atoms with Crippen molar-refractivity contribution in [3.8, 4) is 0 Å². The van der Waals surface area contributed by atoms with Gasteiger partial charge in [0, 0.05) is 12.7 Å². The summed E-state index contributed by atoms with van der Waals surface area (Å²) in [6, 6.07) is 3.90. The van der Waals surface area contributed by atoms with Crippen LogP contribution in [-0.2, 0) is 0 Å². The van der Waals surface area contributed by atoms with Crippen LogP contribution in [0.25, 0.3) is 11.0 Å². The highest BCUT2D eigenvalue weighted by atomic mass is 15.1. The molecule has 4 nitrogen and oxygen atoms in total. The number of aliphatic imine (C=N–C) groups is 1. The van der Waals surface area contributed by atoms with E-state index < -0.39 is 0 Å². The number of nitrogens with one attached hydrogen (secondary N) is 1. The molecular weight excluding hydrogens is 200 g/mol. The van der Waals surface area contributed by atoms with Crippen molar-refractivity contribution >= 4 is 16.7 Å². The fourth-order valence-electron chi connectivity index (χ4n) is 2.07. The maximum absolute atomic E-state index is 4.60. The molecule has 4 heteroatoms. The number of fused-ring (bicyclic) bond motifs is 1. The molecule has 0 radical (unpaired) electrons. The van der Waals surface area contributed by atoms with E-state index in [1.807, 2.05) is 12.1 Å². The first-order valence-corrected chi connectivity index (χ1v) is 5.67. The lowest BCUT2D eigenvalue weighted by molar-refractivity contribution is 0.538. The van der Waals surface area contributed by atoms with Gasteiger partial charge in [-0.2, -0.15) is 5.10 Å². The molecule has 16 heavy (non-hydrogen) atoms. The van der Waals surface area contributed by atoms with E-state index in [2.05, 4.69) is 27.1 Å². The number of rotatable bonds is 1. The molecule has 1 N–H and O–H groups in total. The Morgan fingerprint density at radius 1 is 1.44 bits per heavy atom. The molecule has 82 valence electrons. The molecule has 0 aliphatic carbocycles. The van der Waals surface area contributed by atoms with E-state index >= 15 is 0 Å². The first kappa shape index (κ1) is 9.51. The van der Waals surface area contributed by atoms with E-state index in [4.69, 9.17) is 0 Å². The van der Waals surface area contributed by atoms with Gasteiger partial charge in [0.15, 0.2) is 0 Å². The minimum Gasteiger partial charge on any atom is -0.287 e. The third-order valence-electron chi connectivity index (χ3n) is 3.06. The second-order valence-corrected chi connectivity index (χ2v) is 4.40. The van der Waals surface area contributed by atoms with Crippen LogP contribution < -0.4 is 0 Å². The highest BCUT2D eigenvalue weighted by Crippen LogP contribution is 2.20. The third kappa shape index (κ3) is 1.50. The maximum atomic E-state index is 4.60. The summed E-state index contributed by atoms with van der Waals surface area (Å²) in [5.74, 6) is 0.696. The van der Waals surface area contributed by atoms with Crippen molar-refractivity contribution in [1.29, 1.82) is 0 Å². The average Bonchev–Trinajstić information content (AvgIpc) is 2.74. The Kier molecular flexibility index (Phi) is 2.20.